The molecule has 4 heteroatoms. The van der Waals surface area contributed by atoms with Crippen LogP contribution in [0.1, 0.15) is 56.7 Å². The fraction of sp³-hybridized carbons (Fsp3) is 0.833. The van der Waals surface area contributed by atoms with Crippen LogP contribution in [0.15, 0.2) is 4.52 Å². The lowest BCUT2D eigenvalue weighted by Crippen LogP contribution is -2.28. The zero-order valence-electron chi connectivity index (χ0n) is 9.99. The first-order chi connectivity index (χ1) is 7.67. The van der Waals surface area contributed by atoms with Crippen molar-refractivity contribution in [1.82, 2.24) is 15.5 Å². The minimum atomic E-state index is 0.381. The summed E-state index contributed by atoms with van der Waals surface area (Å²) in [6.45, 7) is 6.62. The fourth-order valence-electron chi connectivity index (χ4n) is 2.53. The summed E-state index contributed by atoms with van der Waals surface area (Å²) in [5, 5.41) is 7.51. The summed E-state index contributed by atoms with van der Waals surface area (Å²) in [6, 6.07) is 0. The second-order valence-corrected chi connectivity index (χ2v) is 5.78. The predicted octanol–water partition coefficient (Wildman–Crippen LogP) is 2.05. The number of nitrogens with zero attached hydrogens (tertiary/aromatic N) is 2. The largest absolute Gasteiger partial charge is 0.339 e. The van der Waals surface area contributed by atoms with Crippen LogP contribution in [-0.4, -0.2) is 23.2 Å². The molecular formula is C12H19N3O. The Bertz CT molecular complexity index is 379. The number of nitrogens with one attached hydrogen (secondary N) is 1. The van der Waals surface area contributed by atoms with E-state index in [2.05, 4.69) is 29.3 Å². The molecule has 2 heterocycles. The number of aromatic nitrogens is 2. The number of hydrogen-bond acceptors (Lipinski definition) is 4. The number of piperidine rings is 1. The zero-order chi connectivity index (χ0) is 11.2. The normalized spacial score (nSPS) is 32.6. The maximum atomic E-state index is 5.40. The molecule has 88 valence electrons. The Kier molecular flexibility index (Phi) is 2.28. The molecule has 0 amide bonds. The van der Waals surface area contributed by atoms with Gasteiger partial charge in [0, 0.05) is 12.5 Å². The van der Waals surface area contributed by atoms with E-state index < -0.39 is 0 Å². The molecule has 0 radical (unpaired) electrons. The lowest BCUT2D eigenvalue weighted by Gasteiger charge is -2.18. The Morgan fingerprint density at radius 2 is 2.25 bits per heavy atom. The highest BCUT2D eigenvalue weighted by Gasteiger charge is 2.49. The summed E-state index contributed by atoms with van der Waals surface area (Å²) in [5.74, 6) is 2.70. The molecule has 1 aliphatic heterocycles. The highest BCUT2D eigenvalue weighted by atomic mass is 16.5. The van der Waals surface area contributed by atoms with Gasteiger partial charge in [-0.15, -0.1) is 0 Å². The van der Waals surface area contributed by atoms with Crippen LogP contribution in [0.25, 0.3) is 0 Å². The maximum absolute atomic E-state index is 5.40. The van der Waals surface area contributed by atoms with Crippen LogP contribution in [-0.2, 0) is 0 Å². The highest BCUT2D eigenvalue weighted by molar-refractivity contribution is 5.15. The van der Waals surface area contributed by atoms with E-state index in [1.165, 1.54) is 19.3 Å². The van der Waals surface area contributed by atoms with Crippen molar-refractivity contribution >= 4 is 0 Å². The zero-order valence-corrected chi connectivity index (χ0v) is 9.99. The standard InChI is InChI=1S/C12H19N3O/c1-12(2)6-9(12)10-14-11(16-15-10)8-4-3-5-13-7-8/h8-9,13H,3-7H2,1-2H3/t8-,9?/m0/s1. The molecule has 0 spiro atoms. The minimum absolute atomic E-state index is 0.381. The maximum Gasteiger partial charge on any atom is 0.231 e. The van der Waals surface area contributed by atoms with Gasteiger partial charge < -0.3 is 9.84 Å². The molecule has 2 aliphatic rings. The molecule has 1 N–H and O–H groups in total. The monoisotopic (exact) mass is 221 g/mol. The van der Waals surface area contributed by atoms with Crippen LogP contribution in [0.4, 0.5) is 0 Å². The lowest BCUT2D eigenvalue weighted by molar-refractivity contribution is 0.319. The molecule has 1 aromatic rings. The Morgan fingerprint density at radius 3 is 2.88 bits per heavy atom. The lowest BCUT2D eigenvalue weighted by atomic mass is 10.00. The van der Waals surface area contributed by atoms with E-state index in [1.807, 2.05) is 0 Å². The van der Waals surface area contributed by atoms with E-state index >= 15 is 0 Å². The van der Waals surface area contributed by atoms with E-state index in [1.54, 1.807) is 0 Å². The summed E-state index contributed by atoms with van der Waals surface area (Å²) in [4.78, 5) is 4.57. The molecule has 0 bridgehead atoms. The summed E-state index contributed by atoms with van der Waals surface area (Å²) >= 11 is 0. The Morgan fingerprint density at radius 1 is 1.44 bits per heavy atom. The highest BCUT2D eigenvalue weighted by Crippen LogP contribution is 2.57. The minimum Gasteiger partial charge on any atom is -0.339 e. The summed E-state index contributed by atoms with van der Waals surface area (Å²) in [7, 11) is 0. The predicted molar refractivity (Wildman–Crippen MR) is 60.3 cm³/mol. The second-order valence-electron chi connectivity index (χ2n) is 5.78. The van der Waals surface area contributed by atoms with Crippen molar-refractivity contribution in [2.24, 2.45) is 5.41 Å². The van der Waals surface area contributed by atoms with Crippen LogP contribution < -0.4 is 5.32 Å². The summed E-state index contributed by atoms with van der Waals surface area (Å²) in [6.07, 6.45) is 3.56. The molecule has 1 saturated carbocycles. The molecule has 1 aliphatic carbocycles. The van der Waals surface area contributed by atoms with Crippen molar-refractivity contribution in [3.8, 4) is 0 Å². The molecule has 1 saturated heterocycles. The summed E-state index contributed by atoms with van der Waals surface area (Å²) < 4.78 is 5.40. The smallest absolute Gasteiger partial charge is 0.231 e. The van der Waals surface area contributed by atoms with Crippen LogP contribution in [0.3, 0.4) is 0 Å². The molecule has 2 atom stereocenters. The first-order valence-electron chi connectivity index (χ1n) is 6.21. The van der Waals surface area contributed by atoms with Gasteiger partial charge in [0.2, 0.25) is 5.89 Å². The third-order valence-corrected chi connectivity index (χ3v) is 3.93. The van der Waals surface area contributed by atoms with Crippen molar-refractivity contribution in [3.63, 3.8) is 0 Å². The van der Waals surface area contributed by atoms with Gasteiger partial charge in [0.1, 0.15) is 0 Å². The average Bonchev–Trinajstić information content (AvgIpc) is 2.76. The number of hydrogen-bond donors (Lipinski definition) is 1. The molecule has 2 fully saturated rings. The average molecular weight is 221 g/mol. The fourth-order valence-corrected chi connectivity index (χ4v) is 2.53. The SMILES string of the molecule is CC1(C)CC1c1noc([C@H]2CCCNC2)n1. The van der Waals surface area contributed by atoms with Gasteiger partial charge in [0.15, 0.2) is 5.82 Å². The molecule has 16 heavy (non-hydrogen) atoms. The van der Waals surface area contributed by atoms with Gasteiger partial charge in [0.25, 0.3) is 0 Å². The van der Waals surface area contributed by atoms with Gasteiger partial charge in [-0.2, -0.15) is 4.98 Å². The van der Waals surface area contributed by atoms with E-state index in [0.717, 1.165) is 24.8 Å². The molecule has 1 unspecified atom stereocenters. The van der Waals surface area contributed by atoms with Crippen molar-refractivity contribution < 1.29 is 4.52 Å². The second kappa shape index (κ2) is 3.55. The molecule has 0 aromatic carbocycles. The number of rotatable bonds is 2. The van der Waals surface area contributed by atoms with E-state index in [-0.39, 0.29) is 0 Å². The quantitative estimate of drug-likeness (QED) is 0.830. The topological polar surface area (TPSA) is 51.0 Å². The van der Waals surface area contributed by atoms with Crippen molar-refractivity contribution in [3.05, 3.63) is 11.7 Å². The third kappa shape index (κ3) is 1.75. The van der Waals surface area contributed by atoms with Crippen molar-refractivity contribution in [1.29, 1.82) is 0 Å². The van der Waals surface area contributed by atoms with Gasteiger partial charge in [-0.1, -0.05) is 19.0 Å². The van der Waals surface area contributed by atoms with Crippen LogP contribution in [0.2, 0.25) is 0 Å². The molecular weight excluding hydrogens is 202 g/mol. The van der Waals surface area contributed by atoms with Gasteiger partial charge >= 0.3 is 0 Å². The Labute approximate surface area is 95.8 Å². The molecule has 1 aromatic heterocycles. The van der Waals surface area contributed by atoms with Crippen molar-refractivity contribution in [2.45, 2.75) is 44.9 Å². The third-order valence-electron chi connectivity index (χ3n) is 3.93. The first kappa shape index (κ1) is 10.3. The van der Waals surface area contributed by atoms with Crippen LogP contribution in [0, 0.1) is 5.41 Å². The van der Waals surface area contributed by atoms with Gasteiger partial charge in [-0.05, 0) is 31.2 Å². The first-order valence-corrected chi connectivity index (χ1v) is 6.21. The molecule has 3 rings (SSSR count). The Balaban J connectivity index is 1.72. The van der Waals surface area contributed by atoms with Gasteiger partial charge in [0.05, 0.1) is 5.92 Å². The van der Waals surface area contributed by atoms with Crippen molar-refractivity contribution in [2.75, 3.05) is 13.1 Å². The molecule has 4 nitrogen and oxygen atoms in total. The van der Waals surface area contributed by atoms with Crippen LogP contribution in [0.5, 0.6) is 0 Å². The van der Waals surface area contributed by atoms with Gasteiger partial charge in [-0.3, -0.25) is 0 Å². The Hall–Kier alpha value is -0.900. The van der Waals surface area contributed by atoms with E-state index in [0.29, 0.717) is 17.3 Å². The van der Waals surface area contributed by atoms with E-state index in [9.17, 15) is 0 Å². The summed E-state index contributed by atoms with van der Waals surface area (Å²) in [5.41, 5.74) is 0.381. The van der Waals surface area contributed by atoms with E-state index in [4.69, 9.17) is 4.52 Å². The van der Waals surface area contributed by atoms with Crippen LogP contribution >= 0.6 is 0 Å². The van der Waals surface area contributed by atoms with Gasteiger partial charge in [-0.25, -0.2) is 0 Å².